The molecule has 3 heterocycles. The van der Waals surface area contributed by atoms with Crippen molar-refractivity contribution in [2.75, 3.05) is 6.54 Å². The highest BCUT2D eigenvalue weighted by atomic mass is 19.4. The van der Waals surface area contributed by atoms with Crippen molar-refractivity contribution in [1.29, 1.82) is 0 Å². The summed E-state index contributed by atoms with van der Waals surface area (Å²) in [7, 11) is 1.72. The SMILES string of the molecule is Cn1cc(CC(O)C(=O)N2CCn3nc(C(F)(F)F)cc3C2)cn1. The van der Waals surface area contributed by atoms with Crippen LogP contribution < -0.4 is 0 Å². The van der Waals surface area contributed by atoms with Crippen LogP contribution in [0.2, 0.25) is 0 Å². The Kier molecular flexibility index (Phi) is 4.08. The van der Waals surface area contributed by atoms with Gasteiger partial charge in [0.15, 0.2) is 5.69 Å². The van der Waals surface area contributed by atoms with Gasteiger partial charge >= 0.3 is 6.18 Å². The molecule has 0 saturated carbocycles. The molecule has 0 aliphatic carbocycles. The smallest absolute Gasteiger partial charge is 0.383 e. The summed E-state index contributed by atoms with van der Waals surface area (Å²) < 4.78 is 40.9. The lowest BCUT2D eigenvalue weighted by molar-refractivity contribution is -0.142. The lowest BCUT2D eigenvalue weighted by Gasteiger charge is -2.29. The van der Waals surface area contributed by atoms with Gasteiger partial charge in [-0.25, -0.2) is 0 Å². The van der Waals surface area contributed by atoms with Crippen LogP contribution in [0.1, 0.15) is 17.0 Å². The molecule has 0 bridgehead atoms. The van der Waals surface area contributed by atoms with Gasteiger partial charge in [-0.05, 0) is 11.6 Å². The predicted molar refractivity (Wildman–Crippen MR) is 75.6 cm³/mol. The summed E-state index contributed by atoms with van der Waals surface area (Å²) in [5, 5.41) is 17.6. The molecule has 1 aliphatic rings. The molecule has 0 saturated heterocycles. The van der Waals surface area contributed by atoms with Crippen LogP contribution in [0.3, 0.4) is 0 Å². The number of fused-ring (bicyclic) bond motifs is 1. The van der Waals surface area contributed by atoms with E-state index < -0.39 is 23.9 Å². The van der Waals surface area contributed by atoms with E-state index in [0.717, 1.165) is 6.07 Å². The number of rotatable bonds is 3. The Morgan fingerprint density at radius 1 is 1.42 bits per heavy atom. The number of halogens is 3. The normalized spacial score (nSPS) is 16.1. The third kappa shape index (κ3) is 3.28. The maximum absolute atomic E-state index is 12.7. The molecule has 2 aromatic rings. The number of nitrogens with zero attached hydrogens (tertiary/aromatic N) is 5. The monoisotopic (exact) mass is 343 g/mol. The molecule has 0 fully saturated rings. The minimum Gasteiger partial charge on any atom is -0.383 e. The van der Waals surface area contributed by atoms with Crippen molar-refractivity contribution in [3.63, 3.8) is 0 Å². The fraction of sp³-hybridized carbons (Fsp3) is 0.500. The Labute approximate surface area is 135 Å². The summed E-state index contributed by atoms with van der Waals surface area (Å²) in [6.07, 6.45) is -2.42. The van der Waals surface area contributed by atoms with E-state index in [-0.39, 0.29) is 26.1 Å². The van der Waals surface area contributed by atoms with Crippen LogP contribution in [0.5, 0.6) is 0 Å². The Bertz CT molecular complexity index is 752. The summed E-state index contributed by atoms with van der Waals surface area (Å²) in [5.41, 5.74) is 0.0398. The number of aliphatic hydroxyl groups excluding tert-OH is 1. The molecule has 10 heteroatoms. The zero-order valence-electron chi connectivity index (χ0n) is 12.9. The van der Waals surface area contributed by atoms with Crippen molar-refractivity contribution in [1.82, 2.24) is 24.5 Å². The molecule has 2 aromatic heterocycles. The fourth-order valence-electron chi connectivity index (χ4n) is 2.69. The van der Waals surface area contributed by atoms with Gasteiger partial charge in [-0.2, -0.15) is 23.4 Å². The summed E-state index contributed by atoms with van der Waals surface area (Å²) >= 11 is 0. The van der Waals surface area contributed by atoms with E-state index in [2.05, 4.69) is 10.2 Å². The minimum atomic E-state index is -4.51. The number of amides is 1. The van der Waals surface area contributed by atoms with Gasteiger partial charge in [-0.3, -0.25) is 14.2 Å². The predicted octanol–water partition coefficient (Wildman–Crippen LogP) is 0.581. The van der Waals surface area contributed by atoms with Crippen molar-refractivity contribution < 1.29 is 23.1 Å². The van der Waals surface area contributed by atoms with Crippen LogP contribution in [-0.4, -0.2) is 48.1 Å². The zero-order chi connectivity index (χ0) is 17.5. The van der Waals surface area contributed by atoms with Gasteiger partial charge in [0.05, 0.1) is 25.0 Å². The Morgan fingerprint density at radius 3 is 2.79 bits per heavy atom. The first-order valence-corrected chi connectivity index (χ1v) is 7.32. The van der Waals surface area contributed by atoms with Crippen molar-refractivity contribution in [3.05, 3.63) is 35.4 Å². The third-order valence-electron chi connectivity index (χ3n) is 3.87. The molecule has 3 rings (SSSR count). The second-order valence-corrected chi connectivity index (χ2v) is 5.74. The number of aryl methyl sites for hydroxylation is 1. The number of carbonyl (C=O) groups is 1. The van der Waals surface area contributed by atoms with E-state index in [1.54, 1.807) is 24.1 Å². The first-order valence-electron chi connectivity index (χ1n) is 7.32. The van der Waals surface area contributed by atoms with Crippen LogP contribution in [-0.2, 0) is 37.5 Å². The van der Waals surface area contributed by atoms with Crippen LogP contribution in [0, 0.1) is 0 Å². The maximum Gasteiger partial charge on any atom is 0.435 e. The lowest BCUT2D eigenvalue weighted by atomic mass is 10.1. The van der Waals surface area contributed by atoms with Gasteiger partial charge in [0.1, 0.15) is 6.10 Å². The van der Waals surface area contributed by atoms with Gasteiger partial charge in [0.25, 0.3) is 5.91 Å². The number of hydrogen-bond donors (Lipinski definition) is 1. The highest BCUT2D eigenvalue weighted by molar-refractivity contribution is 5.81. The van der Waals surface area contributed by atoms with Gasteiger partial charge in [-0.1, -0.05) is 0 Å². The topological polar surface area (TPSA) is 76.2 Å². The van der Waals surface area contributed by atoms with Gasteiger partial charge in [-0.15, -0.1) is 0 Å². The molecule has 0 radical (unpaired) electrons. The highest BCUT2D eigenvalue weighted by Gasteiger charge is 2.36. The summed E-state index contributed by atoms with van der Waals surface area (Å²) in [6.45, 7) is 0.359. The highest BCUT2D eigenvalue weighted by Crippen LogP contribution is 2.29. The molecule has 130 valence electrons. The van der Waals surface area contributed by atoms with Crippen LogP contribution >= 0.6 is 0 Å². The second kappa shape index (κ2) is 5.93. The molecule has 1 N–H and O–H groups in total. The van der Waals surface area contributed by atoms with Gasteiger partial charge < -0.3 is 10.0 Å². The Balaban J connectivity index is 1.68. The Hall–Kier alpha value is -2.36. The van der Waals surface area contributed by atoms with Crippen molar-refractivity contribution in [2.45, 2.75) is 31.8 Å². The average molecular weight is 343 g/mol. The number of hydrogen-bond acceptors (Lipinski definition) is 4. The molecule has 1 atom stereocenters. The van der Waals surface area contributed by atoms with Crippen molar-refractivity contribution >= 4 is 5.91 Å². The number of aromatic nitrogens is 4. The zero-order valence-corrected chi connectivity index (χ0v) is 12.9. The molecule has 0 aromatic carbocycles. The largest absolute Gasteiger partial charge is 0.435 e. The summed E-state index contributed by atoms with van der Waals surface area (Å²) in [4.78, 5) is 13.7. The first kappa shape index (κ1) is 16.5. The van der Waals surface area contributed by atoms with E-state index in [0.29, 0.717) is 11.3 Å². The first-order chi connectivity index (χ1) is 11.2. The maximum atomic E-state index is 12.7. The molecule has 0 spiro atoms. The van der Waals surface area contributed by atoms with E-state index in [9.17, 15) is 23.1 Å². The molecular weight excluding hydrogens is 327 g/mol. The van der Waals surface area contributed by atoms with E-state index in [4.69, 9.17) is 0 Å². The molecular formula is C14H16F3N5O2. The molecule has 1 aliphatic heterocycles. The third-order valence-corrected chi connectivity index (χ3v) is 3.87. The summed E-state index contributed by atoms with van der Waals surface area (Å²) in [5.74, 6) is -0.514. The van der Waals surface area contributed by atoms with Crippen molar-refractivity contribution in [2.24, 2.45) is 7.05 Å². The molecule has 7 nitrogen and oxygen atoms in total. The number of carbonyl (C=O) groups excluding carboxylic acids is 1. The van der Waals surface area contributed by atoms with Crippen molar-refractivity contribution in [3.8, 4) is 0 Å². The van der Waals surface area contributed by atoms with E-state index in [1.807, 2.05) is 0 Å². The van der Waals surface area contributed by atoms with Gasteiger partial charge in [0, 0.05) is 26.2 Å². The molecule has 24 heavy (non-hydrogen) atoms. The molecule has 1 amide bonds. The van der Waals surface area contributed by atoms with E-state index >= 15 is 0 Å². The lowest BCUT2D eigenvalue weighted by Crippen LogP contribution is -2.44. The molecule has 1 unspecified atom stereocenters. The average Bonchev–Trinajstić information content (AvgIpc) is 3.11. The fourth-order valence-corrected chi connectivity index (χ4v) is 2.69. The van der Waals surface area contributed by atoms with Crippen LogP contribution in [0.15, 0.2) is 18.5 Å². The number of alkyl halides is 3. The Morgan fingerprint density at radius 2 is 2.17 bits per heavy atom. The van der Waals surface area contributed by atoms with Crippen LogP contribution in [0.4, 0.5) is 13.2 Å². The van der Waals surface area contributed by atoms with Gasteiger partial charge in [0.2, 0.25) is 0 Å². The summed E-state index contributed by atoms with van der Waals surface area (Å²) in [6, 6.07) is 0.937. The second-order valence-electron chi connectivity index (χ2n) is 5.74. The minimum absolute atomic E-state index is 0.00792. The quantitative estimate of drug-likeness (QED) is 0.885. The van der Waals surface area contributed by atoms with E-state index in [1.165, 1.54) is 9.58 Å². The standard InChI is InChI=1S/C14H16F3N5O2/c1-20-7-9(6-18-20)4-11(23)13(24)21-2-3-22-10(8-21)5-12(19-22)14(15,16)17/h5-7,11,23H,2-4,8H2,1H3. The van der Waals surface area contributed by atoms with Crippen LogP contribution in [0.25, 0.3) is 0 Å². The number of aliphatic hydroxyl groups is 1.